The first-order chi connectivity index (χ1) is 9.02. The molecule has 1 heterocycles. The molecule has 0 aliphatic carbocycles. The molecule has 1 aromatic carbocycles. The van der Waals surface area contributed by atoms with Crippen molar-refractivity contribution in [2.75, 3.05) is 5.32 Å². The van der Waals surface area contributed by atoms with E-state index < -0.39 is 0 Å². The Morgan fingerprint density at radius 2 is 1.89 bits per heavy atom. The number of anilines is 1. The van der Waals surface area contributed by atoms with Gasteiger partial charge in [0.05, 0.1) is 6.54 Å². The van der Waals surface area contributed by atoms with Gasteiger partial charge in [0.2, 0.25) is 5.89 Å². The Labute approximate surface area is 122 Å². The fourth-order valence-corrected chi connectivity index (χ4v) is 2.17. The van der Waals surface area contributed by atoms with Crippen molar-refractivity contribution in [2.45, 2.75) is 26.8 Å². The standard InChI is InChI=1S/C13H15Cl2N3O/c1-8(2)3-12-17-13(19-18-12)7-16-11-5-9(14)4-10(15)6-11/h4-6,8,16H,3,7H2,1-2H3. The fraction of sp³-hybridized carbons (Fsp3) is 0.385. The molecule has 0 spiro atoms. The van der Waals surface area contributed by atoms with Crippen LogP contribution in [-0.4, -0.2) is 10.1 Å². The highest BCUT2D eigenvalue weighted by molar-refractivity contribution is 6.35. The summed E-state index contributed by atoms with van der Waals surface area (Å²) in [6.45, 7) is 4.67. The lowest BCUT2D eigenvalue weighted by Crippen LogP contribution is -2.01. The third-order valence-corrected chi connectivity index (χ3v) is 2.84. The minimum Gasteiger partial charge on any atom is -0.376 e. The molecule has 1 N–H and O–H groups in total. The monoisotopic (exact) mass is 299 g/mol. The summed E-state index contributed by atoms with van der Waals surface area (Å²) < 4.78 is 5.16. The highest BCUT2D eigenvalue weighted by Crippen LogP contribution is 2.22. The summed E-state index contributed by atoms with van der Waals surface area (Å²) in [5.41, 5.74) is 0.820. The number of nitrogens with zero attached hydrogens (tertiary/aromatic N) is 2. The molecule has 6 heteroatoms. The Bertz CT molecular complexity index is 534. The van der Waals surface area contributed by atoms with Gasteiger partial charge in [-0.3, -0.25) is 0 Å². The number of hydrogen-bond donors (Lipinski definition) is 1. The van der Waals surface area contributed by atoms with Gasteiger partial charge in [-0.1, -0.05) is 42.2 Å². The second kappa shape index (κ2) is 6.26. The van der Waals surface area contributed by atoms with E-state index in [1.54, 1.807) is 18.2 Å². The lowest BCUT2D eigenvalue weighted by molar-refractivity contribution is 0.375. The highest BCUT2D eigenvalue weighted by atomic mass is 35.5. The Morgan fingerprint density at radius 1 is 1.21 bits per heavy atom. The summed E-state index contributed by atoms with van der Waals surface area (Å²) >= 11 is 11.8. The van der Waals surface area contributed by atoms with Crippen molar-refractivity contribution in [1.29, 1.82) is 0 Å². The van der Waals surface area contributed by atoms with Gasteiger partial charge >= 0.3 is 0 Å². The van der Waals surface area contributed by atoms with E-state index in [0.717, 1.165) is 17.9 Å². The number of hydrogen-bond acceptors (Lipinski definition) is 4. The highest BCUT2D eigenvalue weighted by Gasteiger charge is 2.08. The first-order valence-corrected chi connectivity index (χ1v) is 6.80. The van der Waals surface area contributed by atoms with Crippen molar-refractivity contribution in [1.82, 2.24) is 10.1 Å². The second-order valence-electron chi connectivity index (χ2n) is 4.71. The van der Waals surface area contributed by atoms with Crippen LogP contribution in [0.4, 0.5) is 5.69 Å². The zero-order valence-electron chi connectivity index (χ0n) is 10.8. The molecule has 102 valence electrons. The molecule has 0 saturated carbocycles. The first kappa shape index (κ1) is 14.2. The van der Waals surface area contributed by atoms with Crippen LogP contribution in [0.5, 0.6) is 0 Å². The van der Waals surface area contributed by atoms with Crippen molar-refractivity contribution in [2.24, 2.45) is 5.92 Å². The molecule has 0 radical (unpaired) electrons. The SMILES string of the molecule is CC(C)Cc1noc(CNc2cc(Cl)cc(Cl)c2)n1. The summed E-state index contributed by atoms with van der Waals surface area (Å²) in [5.74, 6) is 1.79. The number of benzene rings is 1. The molecule has 0 atom stereocenters. The number of aromatic nitrogens is 2. The normalized spacial score (nSPS) is 11.0. The average molecular weight is 300 g/mol. The third kappa shape index (κ3) is 4.40. The van der Waals surface area contributed by atoms with Crippen molar-refractivity contribution < 1.29 is 4.52 Å². The largest absolute Gasteiger partial charge is 0.376 e. The zero-order chi connectivity index (χ0) is 13.8. The maximum Gasteiger partial charge on any atom is 0.245 e. The number of halogens is 2. The fourth-order valence-electron chi connectivity index (χ4n) is 1.64. The molecule has 19 heavy (non-hydrogen) atoms. The van der Waals surface area contributed by atoms with Crippen LogP contribution in [0.2, 0.25) is 10.0 Å². The molecule has 0 fully saturated rings. The Balaban J connectivity index is 1.96. The van der Waals surface area contributed by atoms with Gasteiger partial charge in [0.15, 0.2) is 5.82 Å². The molecule has 2 aromatic rings. The molecule has 0 aliphatic rings. The molecule has 0 bridgehead atoms. The quantitative estimate of drug-likeness (QED) is 0.899. The van der Waals surface area contributed by atoms with Gasteiger partial charge in [-0.15, -0.1) is 0 Å². The van der Waals surface area contributed by atoms with Gasteiger partial charge in [0.25, 0.3) is 0 Å². The maximum atomic E-state index is 5.92. The summed E-state index contributed by atoms with van der Waals surface area (Å²) in [4.78, 5) is 4.30. The molecule has 0 unspecified atom stereocenters. The predicted molar refractivity (Wildman–Crippen MR) is 76.6 cm³/mol. The number of rotatable bonds is 5. The van der Waals surface area contributed by atoms with E-state index in [9.17, 15) is 0 Å². The van der Waals surface area contributed by atoms with Crippen molar-refractivity contribution >= 4 is 28.9 Å². The average Bonchev–Trinajstić information content (AvgIpc) is 2.72. The molecule has 0 aliphatic heterocycles. The molecule has 1 aromatic heterocycles. The van der Waals surface area contributed by atoms with E-state index in [0.29, 0.717) is 28.4 Å². The van der Waals surface area contributed by atoms with E-state index in [1.165, 1.54) is 0 Å². The van der Waals surface area contributed by atoms with Crippen LogP contribution < -0.4 is 5.32 Å². The summed E-state index contributed by atoms with van der Waals surface area (Å²) in [7, 11) is 0. The topological polar surface area (TPSA) is 51.0 Å². The van der Waals surface area contributed by atoms with E-state index in [-0.39, 0.29) is 0 Å². The Kier molecular flexibility index (Phi) is 4.66. The first-order valence-electron chi connectivity index (χ1n) is 6.04. The van der Waals surface area contributed by atoms with Crippen LogP contribution in [0.1, 0.15) is 25.6 Å². The molecular weight excluding hydrogens is 285 g/mol. The number of nitrogens with one attached hydrogen (secondary N) is 1. The van der Waals surface area contributed by atoms with Crippen LogP contribution in [0, 0.1) is 5.92 Å². The van der Waals surface area contributed by atoms with Crippen molar-refractivity contribution in [3.8, 4) is 0 Å². The second-order valence-corrected chi connectivity index (χ2v) is 5.59. The zero-order valence-corrected chi connectivity index (χ0v) is 12.3. The van der Waals surface area contributed by atoms with E-state index >= 15 is 0 Å². The minimum atomic E-state index is 0.446. The maximum absolute atomic E-state index is 5.92. The molecule has 2 rings (SSSR count). The van der Waals surface area contributed by atoms with Crippen LogP contribution in [-0.2, 0) is 13.0 Å². The van der Waals surface area contributed by atoms with Gasteiger partial charge in [0, 0.05) is 22.2 Å². The third-order valence-electron chi connectivity index (χ3n) is 2.41. The van der Waals surface area contributed by atoms with Crippen molar-refractivity contribution in [3.63, 3.8) is 0 Å². The summed E-state index contributed by atoms with van der Waals surface area (Å²) in [6, 6.07) is 5.26. The van der Waals surface area contributed by atoms with E-state index in [4.69, 9.17) is 27.7 Å². The molecular formula is C13H15Cl2N3O. The van der Waals surface area contributed by atoms with Gasteiger partial charge < -0.3 is 9.84 Å². The Morgan fingerprint density at radius 3 is 2.53 bits per heavy atom. The summed E-state index contributed by atoms with van der Waals surface area (Å²) in [6.07, 6.45) is 0.812. The van der Waals surface area contributed by atoms with Crippen LogP contribution in [0.3, 0.4) is 0 Å². The predicted octanol–water partition coefficient (Wildman–Crippen LogP) is 4.19. The van der Waals surface area contributed by atoms with Gasteiger partial charge in [-0.2, -0.15) is 4.98 Å². The van der Waals surface area contributed by atoms with Gasteiger partial charge in [-0.25, -0.2) is 0 Å². The van der Waals surface area contributed by atoms with Crippen LogP contribution in [0.15, 0.2) is 22.7 Å². The van der Waals surface area contributed by atoms with Crippen molar-refractivity contribution in [3.05, 3.63) is 40.0 Å². The molecule has 0 amide bonds. The van der Waals surface area contributed by atoms with Crippen LogP contribution >= 0.6 is 23.2 Å². The smallest absolute Gasteiger partial charge is 0.245 e. The van der Waals surface area contributed by atoms with E-state index in [2.05, 4.69) is 29.3 Å². The minimum absolute atomic E-state index is 0.446. The molecule has 0 saturated heterocycles. The lowest BCUT2D eigenvalue weighted by atomic mass is 10.1. The molecule has 4 nitrogen and oxygen atoms in total. The van der Waals surface area contributed by atoms with Gasteiger partial charge in [0.1, 0.15) is 0 Å². The van der Waals surface area contributed by atoms with Gasteiger partial charge in [-0.05, 0) is 24.1 Å². The lowest BCUT2D eigenvalue weighted by Gasteiger charge is -2.04. The summed E-state index contributed by atoms with van der Waals surface area (Å²) in [5, 5.41) is 8.24. The van der Waals surface area contributed by atoms with E-state index in [1.807, 2.05) is 0 Å². The Hall–Kier alpha value is -1.26. The van der Waals surface area contributed by atoms with Crippen LogP contribution in [0.25, 0.3) is 0 Å².